The summed E-state index contributed by atoms with van der Waals surface area (Å²) in [5.41, 5.74) is 8.80. The molecule has 0 aliphatic rings. The van der Waals surface area contributed by atoms with Gasteiger partial charge < -0.3 is 9.72 Å². The number of para-hydroxylation sites is 1. The van der Waals surface area contributed by atoms with E-state index in [-0.39, 0.29) is 34.8 Å². The van der Waals surface area contributed by atoms with Gasteiger partial charge in [-0.25, -0.2) is 8.78 Å². The van der Waals surface area contributed by atoms with Crippen LogP contribution < -0.4 is 4.74 Å². The first kappa shape index (κ1) is 83.5. The van der Waals surface area contributed by atoms with Gasteiger partial charge in [0, 0.05) is 56.6 Å². The highest BCUT2D eigenvalue weighted by Gasteiger charge is 2.32. The number of allylic oxidation sites excluding steroid dienone is 7. The molecule has 0 radical (unpaired) electrons. The molecule has 95 heavy (non-hydrogen) atoms. The second-order valence-corrected chi connectivity index (χ2v) is 25.8. The number of ether oxygens (including phenoxy) is 1. The zero-order valence-corrected chi connectivity index (χ0v) is 60.3. The lowest BCUT2D eigenvalue weighted by atomic mass is 10.0. The molecule has 8 rings (SSSR count). The number of alkyl halides is 5. The number of hydrogen-bond acceptors (Lipinski definition) is 2. The lowest BCUT2D eigenvalue weighted by molar-refractivity contribution is -0.137. The Morgan fingerprint density at radius 2 is 0.926 bits per heavy atom. The molecule has 0 fully saturated rings. The fourth-order valence-corrected chi connectivity index (χ4v) is 8.44. The van der Waals surface area contributed by atoms with Crippen molar-refractivity contribution in [2.45, 2.75) is 124 Å². The molecule has 8 aromatic rings. The first-order chi connectivity index (χ1) is 44.7. The van der Waals surface area contributed by atoms with Crippen molar-refractivity contribution in [2.24, 2.45) is 48.5 Å². The molecule has 0 unspecified atom stereocenters. The molecular formula is C81H97Cl3F7N3O. The van der Waals surface area contributed by atoms with Crippen LogP contribution in [0.4, 0.5) is 30.7 Å². The Bertz CT molecular complexity index is 3630. The van der Waals surface area contributed by atoms with Crippen molar-refractivity contribution in [3.05, 3.63) is 265 Å². The minimum absolute atomic E-state index is 0.146. The highest BCUT2D eigenvalue weighted by Crippen LogP contribution is 2.33. The van der Waals surface area contributed by atoms with Crippen LogP contribution in [0.2, 0.25) is 10.0 Å². The fourth-order valence-electron chi connectivity index (χ4n) is 7.89. The molecule has 0 bridgehead atoms. The third-order valence-electron chi connectivity index (χ3n) is 13.2. The van der Waals surface area contributed by atoms with Gasteiger partial charge in [-0.15, -0.1) is 0 Å². The molecular weight excluding hydrogens is 1270 g/mol. The molecule has 4 nitrogen and oxygen atoms in total. The highest BCUT2D eigenvalue weighted by molar-refractivity contribution is 6.32. The van der Waals surface area contributed by atoms with E-state index >= 15 is 0 Å². The van der Waals surface area contributed by atoms with Crippen LogP contribution in [0, 0.1) is 66.9 Å². The molecule has 2 heterocycles. The Kier molecular flexibility index (Phi) is 38.9. The Hall–Kier alpha value is -7.57. The summed E-state index contributed by atoms with van der Waals surface area (Å²) in [6.07, 6.45) is 23.3. The summed E-state index contributed by atoms with van der Waals surface area (Å²) < 4.78 is 93.7. The van der Waals surface area contributed by atoms with Gasteiger partial charge in [0.05, 0.1) is 16.3 Å². The molecule has 0 atom stereocenters. The minimum atomic E-state index is -4.28. The first-order valence-corrected chi connectivity index (χ1v) is 33.0. The average Bonchev–Trinajstić information content (AvgIpc) is 1.76. The summed E-state index contributed by atoms with van der Waals surface area (Å²) in [5.74, 6) is 2.83. The van der Waals surface area contributed by atoms with Crippen LogP contribution in [0.1, 0.15) is 153 Å². The van der Waals surface area contributed by atoms with Gasteiger partial charge in [0.15, 0.2) is 0 Å². The maximum atomic E-state index is 13.2. The molecule has 0 aliphatic carbocycles. The first-order valence-electron chi connectivity index (χ1n) is 31.9. The van der Waals surface area contributed by atoms with Crippen LogP contribution >= 0.6 is 34.8 Å². The molecule has 0 saturated heterocycles. The van der Waals surface area contributed by atoms with E-state index in [1.165, 1.54) is 70.2 Å². The molecule has 1 N–H and O–H groups in total. The van der Waals surface area contributed by atoms with E-state index in [4.69, 9.17) is 34.8 Å². The summed E-state index contributed by atoms with van der Waals surface area (Å²) in [7, 11) is 1.98. The zero-order valence-electron chi connectivity index (χ0n) is 58.1. The Morgan fingerprint density at radius 1 is 0.495 bits per heavy atom. The average molecular weight is 1370 g/mol. The number of rotatable bonds is 16. The van der Waals surface area contributed by atoms with Crippen molar-refractivity contribution in [1.82, 2.24) is 14.8 Å². The topological polar surface area (TPSA) is 42.8 Å². The molecule has 512 valence electrons. The smallest absolute Gasteiger partial charge is 0.416 e. The summed E-state index contributed by atoms with van der Waals surface area (Å²) in [5, 5.41) is 7.64. The van der Waals surface area contributed by atoms with E-state index < -0.39 is 18.4 Å². The van der Waals surface area contributed by atoms with Crippen LogP contribution in [-0.2, 0) is 13.2 Å². The number of hydrogen-bond donors (Lipinski definition) is 1. The van der Waals surface area contributed by atoms with Crippen LogP contribution in [-0.4, -0.2) is 21.4 Å². The number of halogens is 10. The van der Waals surface area contributed by atoms with E-state index in [0.717, 1.165) is 32.9 Å². The van der Waals surface area contributed by atoms with Gasteiger partial charge in [-0.1, -0.05) is 296 Å². The number of nitrogens with one attached hydrogen (secondary N) is 1. The maximum absolute atomic E-state index is 13.2. The van der Waals surface area contributed by atoms with E-state index in [1.54, 1.807) is 60.7 Å². The van der Waals surface area contributed by atoms with Crippen molar-refractivity contribution in [3.63, 3.8) is 0 Å². The third kappa shape index (κ3) is 34.6. The summed E-state index contributed by atoms with van der Waals surface area (Å²) in [4.78, 5) is 3.26. The van der Waals surface area contributed by atoms with Gasteiger partial charge in [-0.05, 0) is 132 Å². The minimum Gasteiger partial charge on any atom is -0.435 e. The standard InChI is InChI=1S/C13H15N.C12H13ClF2O.C12H13F3.C11H12ClF.C11H13Cl.C11H13F.C11H18N2/c1-10(2)7-8-11-9-14-13-6-4-3-5-12(11)13;1-8(2)11(13)7-9-3-5-10(6-4-9)16-12(14)15;1-9(2)7-8-10-5-3-4-6-11(10)12(13,14)15;1-8(2)6-7-9-10(12)4-3-5-11(9)13;2*1-9(2)7-8-10-5-3-4-6-11(10)12;1-8(2)6-7-11-9(3)12-13(5)10(11)4/h3-10,14H,1-2H3;3-8,12H,1-2H3;3-9H,1-2H3;3-8H,1-2H3;2*3-9H,1-2H3;6-8H,1-5H3/b8-7+;11-7-;8-7+;7-6+;2*8-7+;7-6+. The lowest BCUT2D eigenvalue weighted by Gasteiger charge is -2.09. The molecule has 2 aromatic heterocycles. The number of aromatic amines is 1. The molecule has 0 aliphatic heterocycles. The van der Waals surface area contributed by atoms with Gasteiger partial charge in [0.2, 0.25) is 0 Å². The van der Waals surface area contributed by atoms with E-state index in [1.807, 2.05) is 109 Å². The van der Waals surface area contributed by atoms with Gasteiger partial charge in [-0.2, -0.15) is 27.1 Å². The molecule has 0 spiro atoms. The summed E-state index contributed by atoms with van der Waals surface area (Å²) in [6, 6.07) is 39.6. The summed E-state index contributed by atoms with van der Waals surface area (Å²) in [6.45, 7) is 30.4. The number of H-pyrrole nitrogens is 1. The predicted molar refractivity (Wildman–Crippen MR) is 397 cm³/mol. The van der Waals surface area contributed by atoms with Crippen molar-refractivity contribution in [1.29, 1.82) is 0 Å². The Labute approximate surface area is 577 Å². The lowest BCUT2D eigenvalue weighted by Crippen LogP contribution is -2.06. The van der Waals surface area contributed by atoms with Gasteiger partial charge in [-0.3, -0.25) is 4.68 Å². The van der Waals surface area contributed by atoms with Gasteiger partial charge in [0.25, 0.3) is 0 Å². The molecule has 6 aromatic carbocycles. The monoisotopic (exact) mass is 1370 g/mol. The molecule has 0 amide bonds. The van der Waals surface area contributed by atoms with E-state index in [2.05, 4.69) is 144 Å². The molecule has 0 saturated carbocycles. The quantitative estimate of drug-likeness (QED) is 0.0980. The highest BCUT2D eigenvalue weighted by atomic mass is 35.5. The second kappa shape index (κ2) is 44.2. The van der Waals surface area contributed by atoms with Crippen molar-refractivity contribution < 1.29 is 35.5 Å². The van der Waals surface area contributed by atoms with Crippen molar-refractivity contribution in [2.75, 3.05) is 0 Å². The van der Waals surface area contributed by atoms with Crippen molar-refractivity contribution >= 4 is 88.2 Å². The zero-order chi connectivity index (χ0) is 71.4. The number of fused-ring (bicyclic) bond motifs is 1. The van der Waals surface area contributed by atoms with Gasteiger partial charge in [0.1, 0.15) is 17.4 Å². The number of aromatic nitrogens is 3. The fraction of sp³-hybridized carbons (Fsp3) is 0.321. The van der Waals surface area contributed by atoms with Crippen molar-refractivity contribution in [3.8, 4) is 5.75 Å². The number of benzene rings is 6. The SMILES string of the molecule is CC(C)/C(Cl)=C/c1ccc(OC(F)F)cc1.CC(C)/C=C/c1c(F)cccc1Cl.CC(C)/C=C/c1c[nH]c2ccccc12.CC(C)/C=C/c1ccccc1C(F)(F)F.CC(C)/C=C/c1ccccc1Cl.CC(C)/C=C/c1ccccc1F.Cc1nn(C)c(C)c1/C=C/C(C)C. The van der Waals surface area contributed by atoms with Gasteiger partial charge >= 0.3 is 12.8 Å². The maximum Gasteiger partial charge on any atom is 0.416 e. The van der Waals surface area contributed by atoms with Crippen LogP contribution in [0.25, 0.3) is 53.4 Å². The Morgan fingerprint density at radius 3 is 1.41 bits per heavy atom. The van der Waals surface area contributed by atoms with Crippen LogP contribution in [0.5, 0.6) is 5.75 Å². The van der Waals surface area contributed by atoms with Crippen LogP contribution in [0.15, 0.2) is 187 Å². The van der Waals surface area contributed by atoms with E-state index in [0.29, 0.717) is 45.7 Å². The molecule has 14 heteroatoms. The number of aryl methyl sites for hydroxylation is 2. The normalized spacial score (nSPS) is 11.9. The predicted octanol–water partition coefficient (Wildman–Crippen LogP) is 27.1. The number of nitrogens with zero attached hydrogens (tertiary/aromatic N) is 2. The second-order valence-electron chi connectivity index (χ2n) is 24.5. The largest absolute Gasteiger partial charge is 0.435 e. The Balaban J connectivity index is 0.000000378. The van der Waals surface area contributed by atoms with E-state index in [9.17, 15) is 30.7 Å². The summed E-state index contributed by atoms with van der Waals surface area (Å²) >= 11 is 17.8. The third-order valence-corrected chi connectivity index (χ3v) is 14.4. The van der Waals surface area contributed by atoms with Crippen LogP contribution in [0.3, 0.4) is 0 Å².